The van der Waals surface area contributed by atoms with Gasteiger partial charge in [-0.3, -0.25) is 0 Å². The van der Waals surface area contributed by atoms with Crippen LogP contribution in [0, 0.1) is 6.92 Å². The molecule has 0 aliphatic carbocycles. The standard InChI is InChI=1S/C8H12N4/c1-5-3-2-4-6(7(5)9)12-8(10)11/h2-4H,9H2,1H3,(H4,10,11,12). The number of benzene rings is 1. The van der Waals surface area contributed by atoms with Crippen LogP contribution < -0.4 is 17.2 Å². The van der Waals surface area contributed by atoms with Crippen LogP contribution in [0.15, 0.2) is 23.2 Å². The molecule has 0 heterocycles. The van der Waals surface area contributed by atoms with Gasteiger partial charge in [-0.05, 0) is 18.6 Å². The van der Waals surface area contributed by atoms with Crippen molar-refractivity contribution in [1.29, 1.82) is 0 Å². The molecule has 0 spiro atoms. The predicted octanol–water partition coefficient (Wildman–Crippen LogP) is 0.482. The molecule has 0 atom stereocenters. The molecule has 0 aliphatic rings. The summed E-state index contributed by atoms with van der Waals surface area (Å²) in [7, 11) is 0. The van der Waals surface area contributed by atoms with Crippen LogP contribution in [0.2, 0.25) is 0 Å². The van der Waals surface area contributed by atoms with Crippen molar-refractivity contribution in [3.63, 3.8) is 0 Å². The molecular formula is C8H12N4. The van der Waals surface area contributed by atoms with Gasteiger partial charge in [0.25, 0.3) is 0 Å². The Bertz CT molecular complexity index is 313. The van der Waals surface area contributed by atoms with Crippen LogP contribution in [0.5, 0.6) is 0 Å². The third-order valence-corrected chi connectivity index (χ3v) is 1.55. The van der Waals surface area contributed by atoms with Crippen molar-refractivity contribution in [2.75, 3.05) is 5.73 Å². The van der Waals surface area contributed by atoms with Gasteiger partial charge in [-0.2, -0.15) is 0 Å². The fraction of sp³-hybridized carbons (Fsp3) is 0.125. The minimum absolute atomic E-state index is 0.0206. The summed E-state index contributed by atoms with van der Waals surface area (Å²) in [5.74, 6) is 0.0206. The summed E-state index contributed by atoms with van der Waals surface area (Å²) < 4.78 is 0. The Morgan fingerprint density at radius 3 is 2.58 bits per heavy atom. The normalized spacial score (nSPS) is 9.42. The SMILES string of the molecule is Cc1cccc(N=C(N)N)c1N. The van der Waals surface area contributed by atoms with Crippen LogP contribution in [-0.2, 0) is 0 Å². The summed E-state index contributed by atoms with van der Waals surface area (Å²) >= 11 is 0. The molecule has 0 amide bonds. The van der Waals surface area contributed by atoms with Crippen molar-refractivity contribution in [2.45, 2.75) is 6.92 Å². The van der Waals surface area contributed by atoms with Crippen LogP contribution in [0.25, 0.3) is 0 Å². The third-order valence-electron chi connectivity index (χ3n) is 1.55. The minimum Gasteiger partial charge on any atom is -0.397 e. The fourth-order valence-corrected chi connectivity index (χ4v) is 0.902. The zero-order valence-electron chi connectivity index (χ0n) is 6.91. The van der Waals surface area contributed by atoms with Crippen LogP contribution in [0.4, 0.5) is 11.4 Å². The number of para-hydroxylation sites is 1. The average Bonchev–Trinajstić information content (AvgIpc) is 1.98. The van der Waals surface area contributed by atoms with Gasteiger partial charge in [0.2, 0.25) is 0 Å². The summed E-state index contributed by atoms with van der Waals surface area (Å²) in [6.07, 6.45) is 0. The van der Waals surface area contributed by atoms with Crippen molar-refractivity contribution in [2.24, 2.45) is 16.5 Å². The average molecular weight is 164 g/mol. The van der Waals surface area contributed by atoms with Crippen molar-refractivity contribution >= 4 is 17.3 Å². The molecule has 0 saturated heterocycles. The van der Waals surface area contributed by atoms with Gasteiger partial charge in [-0.25, -0.2) is 4.99 Å². The number of rotatable bonds is 1. The maximum atomic E-state index is 5.71. The molecule has 6 N–H and O–H groups in total. The first-order chi connectivity index (χ1) is 5.61. The first-order valence-corrected chi connectivity index (χ1v) is 3.56. The molecule has 0 saturated carbocycles. The Hall–Kier alpha value is -1.71. The molecule has 1 aromatic carbocycles. The molecule has 0 fully saturated rings. The number of nitrogens with two attached hydrogens (primary N) is 3. The predicted molar refractivity (Wildman–Crippen MR) is 51.1 cm³/mol. The Kier molecular flexibility index (Phi) is 2.19. The van der Waals surface area contributed by atoms with Crippen molar-refractivity contribution in [3.05, 3.63) is 23.8 Å². The van der Waals surface area contributed by atoms with Crippen molar-refractivity contribution in [1.82, 2.24) is 0 Å². The summed E-state index contributed by atoms with van der Waals surface area (Å²) in [4.78, 5) is 3.87. The maximum Gasteiger partial charge on any atom is 0.191 e. The van der Waals surface area contributed by atoms with E-state index in [4.69, 9.17) is 17.2 Å². The van der Waals surface area contributed by atoms with Crippen LogP contribution in [0.3, 0.4) is 0 Å². The lowest BCUT2D eigenvalue weighted by Crippen LogP contribution is -2.22. The monoisotopic (exact) mass is 164 g/mol. The van der Waals surface area contributed by atoms with E-state index in [9.17, 15) is 0 Å². The summed E-state index contributed by atoms with van der Waals surface area (Å²) in [5, 5.41) is 0. The molecule has 1 rings (SSSR count). The third kappa shape index (κ3) is 1.66. The van der Waals surface area contributed by atoms with E-state index in [2.05, 4.69) is 4.99 Å². The van der Waals surface area contributed by atoms with Gasteiger partial charge in [-0.15, -0.1) is 0 Å². The number of nitrogens with zero attached hydrogens (tertiary/aromatic N) is 1. The zero-order chi connectivity index (χ0) is 9.14. The lowest BCUT2D eigenvalue weighted by Gasteiger charge is -2.02. The molecule has 1 aromatic rings. The van der Waals surface area contributed by atoms with Crippen LogP contribution in [0.1, 0.15) is 5.56 Å². The largest absolute Gasteiger partial charge is 0.397 e. The molecule has 0 unspecified atom stereocenters. The number of anilines is 1. The Balaban J connectivity index is 3.17. The second kappa shape index (κ2) is 3.13. The van der Waals surface area contributed by atoms with E-state index in [0.29, 0.717) is 11.4 Å². The number of hydrogen-bond donors (Lipinski definition) is 3. The van der Waals surface area contributed by atoms with Gasteiger partial charge in [0.05, 0.1) is 11.4 Å². The molecule has 64 valence electrons. The highest BCUT2D eigenvalue weighted by Crippen LogP contribution is 2.24. The number of aliphatic imine (C=N–C) groups is 1. The van der Waals surface area contributed by atoms with E-state index in [1.165, 1.54) is 0 Å². The first-order valence-electron chi connectivity index (χ1n) is 3.56. The van der Waals surface area contributed by atoms with E-state index in [0.717, 1.165) is 5.56 Å². The van der Waals surface area contributed by atoms with Crippen molar-refractivity contribution in [3.8, 4) is 0 Å². The second-order valence-electron chi connectivity index (χ2n) is 2.54. The molecule has 0 aromatic heterocycles. The van der Waals surface area contributed by atoms with Gasteiger partial charge in [0.1, 0.15) is 0 Å². The molecule has 0 aliphatic heterocycles. The van der Waals surface area contributed by atoms with E-state index < -0.39 is 0 Å². The fourth-order valence-electron chi connectivity index (χ4n) is 0.902. The first kappa shape index (κ1) is 8.39. The van der Waals surface area contributed by atoms with Gasteiger partial charge < -0.3 is 17.2 Å². The number of hydrogen-bond acceptors (Lipinski definition) is 2. The Labute approximate surface area is 71.1 Å². The smallest absolute Gasteiger partial charge is 0.191 e. The zero-order valence-corrected chi connectivity index (χ0v) is 6.91. The van der Waals surface area contributed by atoms with E-state index in [-0.39, 0.29) is 5.96 Å². The van der Waals surface area contributed by atoms with E-state index in [1.807, 2.05) is 19.1 Å². The Morgan fingerprint density at radius 1 is 1.33 bits per heavy atom. The molecular weight excluding hydrogens is 152 g/mol. The highest BCUT2D eigenvalue weighted by atomic mass is 15.0. The molecule has 0 bridgehead atoms. The highest BCUT2D eigenvalue weighted by molar-refractivity contribution is 5.82. The van der Waals surface area contributed by atoms with Gasteiger partial charge in [0, 0.05) is 0 Å². The topological polar surface area (TPSA) is 90.4 Å². The van der Waals surface area contributed by atoms with Gasteiger partial charge in [-0.1, -0.05) is 12.1 Å². The Morgan fingerprint density at radius 2 is 2.00 bits per heavy atom. The molecule has 4 nitrogen and oxygen atoms in total. The maximum absolute atomic E-state index is 5.71. The minimum atomic E-state index is 0.0206. The van der Waals surface area contributed by atoms with E-state index >= 15 is 0 Å². The van der Waals surface area contributed by atoms with Crippen molar-refractivity contribution < 1.29 is 0 Å². The lowest BCUT2D eigenvalue weighted by molar-refractivity contribution is 1.39. The summed E-state index contributed by atoms with van der Waals surface area (Å²) in [6.45, 7) is 1.90. The lowest BCUT2D eigenvalue weighted by atomic mass is 10.2. The molecule has 0 radical (unpaired) electrons. The van der Waals surface area contributed by atoms with Gasteiger partial charge in [0.15, 0.2) is 5.96 Å². The number of guanidine groups is 1. The number of aryl methyl sites for hydroxylation is 1. The van der Waals surface area contributed by atoms with Crippen LogP contribution in [-0.4, -0.2) is 5.96 Å². The molecule has 12 heavy (non-hydrogen) atoms. The summed E-state index contributed by atoms with van der Waals surface area (Å²) in [5.41, 5.74) is 18.4. The number of nitrogen functional groups attached to an aromatic ring is 1. The quantitative estimate of drug-likeness (QED) is 0.320. The molecule has 4 heteroatoms. The summed E-state index contributed by atoms with van der Waals surface area (Å²) in [6, 6.07) is 5.52. The van der Waals surface area contributed by atoms with E-state index in [1.54, 1.807) is 6.07 Å². The van der Waals surface area contributed by atoms with Gasteiger partial charge >= 0.3 is 0 Å². The highest BCUT2D eigenvalue weighted by Gasteiger charge is 1.98. The second-order valence-corrected chi connectivity index (χ2v) is 2.54. The van der Waals surface area contributed by atoms with Crippen LogP contribution >= 0.6 is 0 Å².